The maximum absolute atomic E-state index is 12.2. The molecule has 0 aliphatic rings. The van der Waals surface area contributed by atoms with Gasteiger partial charge in [0.1, 0.15) is 17.4 Å². The molecule has 7 heteroatoms. The van der Waals surface area contributed by atoms with Crippen LogP contribution in [0.2, 0.25) is 0 Å². The van der Waals surface area contributed by atoms with Gasteiger partial charge in [-0.2, -0.15) is 0 Å². The number of hydrogen-bond donors (Lipinski definition) is 1. The minimum Gasteiger partial charge on any atom is -0.494 e. The second kappa shape index (κ2) is 11.3. The van der Waals surface area contributed by atoms with E-state index in [2.05, 4.69) is 10.3 Å². The molecule has 0 aliphatic heterocycles. The van der Waals surface area contributed by atoms with Crippen molar-refractivity contribution in [3.8, 4) is 5.75 Å². The van der Waals surface area contributed by atoms with Crippen LogP contribution in [-0.4, -0.2) is 23.5 Å². The van der Waals surface area contributed by atoms with E-state index in [9.17, 15) is 9.59 Å². The highest BCUT2D eigenvalue weighted by Crippen LogP contribution is 2.15. The Labute approximate surface area is 186 Å². The molecule has 0 spiro atoms. The average molecular weight is 439 g/mol. The van der Waals surface area contributed by atoms with Gasteiger partial charge in [0, 0.05) is 17.5 Å². The summed E-state index contributed by atoms with van der Waals surface area (Å²) in [6, 6.07) is 15.4. The first-order chi connectivity index (χ1) is 15.0. The van der Waals surface area contributed by atoms with E-state index in [0.29, 0.717) is 23.7 Å². The highest BCUT2D eigenvalue weighted by Gasteiger charge is 2.10. The number of nitrogens with zero attached hydrogens (tertiary/aromatic N) is 1. The van der Waals surface area contributed by atoms with Gasteiger partial charge in [-0.25, -0.2) is 4.98 Å². The summed E-state index contributed by atoms with van der Waals surface area (Å²) in [5.41, 5.74) is 3.71. The molecule has 3 rings (SSSR count). The van der Waals surface area contributed by atoms with E-state index in [1.807, 2.05) is 67.8 Å². The third-order valence-corrected chi connectivity index (χ3v) is 5.34. The number of anilines is 1. The van der Waals surface area contributed by atoms with Crippen LogP contribution in [0.1, 0.15) is 34.7 Å². The zero-order chi connectivity index (χ0) is 22.1. The van der Waals surface area contributed by atoms with Crippen molar-refractivity contribution < 1.29 is 19.1 Å². The lowest BCUT2D eigenvalue weighted by Gasteiger charge is -2.06. The maximum atomic E-state index is 12.2. The minimum atomic E-state index is -0.292. The molecule has 1 heterocycles. The summed E-state index contributed by atoms with van der Waals surface area (Å²) in [4.78, 5) is 28.5. The van der Waals surface area contributed by atoms with E-state index in [-0.39, 0.29) is 31.3 Å². The summed E-state index contributed by atoms with van der Waals surface area (Å²) in [6.07, 6.45) is 1.04. The third-order valence-electron chi connectivity index (χ3n) is 4.44. The van der Waals surface area contributed by atoms with Gasteiger partial charge in [-0.15, -0.1) is 11.3 Å². The van der Waals surface area contributed by atoms with Crippen LogP contribution in [0.15, 0.2) is 53.9 Å². The lowest BCUT2D eigenvalue weighted by atomic mass is 10.2. The molecule has 0 saturated heterocycles. The summed E-state index contributed by atoms with van der Waals surface area (Å²) in [5.74, 6) is 0.370. The fourth-order valence-electron chi connectivity index (χ4n) is 2.74. The third kappa shape index (κ3) is 7.86. The Morgan fingerprint density at radius 2 is 1.68 bits per heavy atom. The minimum absolute atomic E-state index is 0.105. The highest BCUT2D eigenvalue weighted by molar-refractivity contribution is 7.09. The van der Waals surface area contributed by atoms with Crippen molar-refractivity contribution in [2.45, 2.75) is 39.7 Å². The molecular formula is C24H26N2O4S. The number of thiazole rings is 1. The van der Waals surface area contributed by atoms with E-state index in [0.717, 1.165) is 17.0 Å². The Morgan fingerprint density at radius 1 is 1.00 bits per heavy atom. The summed E-state index contributed by atoms with van der Waals surface area (Å²) < 4.78 is 10.9. The highest BCUT2D eigenvalue weighted by atomic mass is 32.1. The van der Waals surface area contributed by atoms with E-state index in [1.165, 1.54) is 16.9 Å². The van der Waals surface area contributed by atoms with Crippen molar-refractivity contribution in [1.82, 2.24) is 4.98 Å². The van der Waals surface area contributed by atoms with Gasteiger partial charge in [-0.05, 0) is 44.5 Å². The van der Waals surface area contributed by atoms with E-state index < -0.39 is 0 Å². The van der Waals surface area contributed by atoms with Gasteiger partial charge in [-0.3, -0.25) is 9.59 Å². The van der Waals surface area contributed by atoms with Crippen LogP contribution in [0, 0.1) is 13.8 Å². The SMILES string of the molecule is Cc1ccc(NC(=O)Cc2nc(COC(=O)CCCOc3ccc(C)cc3)cs2)cc1. The van der Waals surface area contributed by atoms with Crippen LogP contribution in [0.3, 0.4) is 0 Å². The number of amides is 1. The summed E-state index contributed by atoms with van der Waals surface area (Å²) >= 11 is 1.38. The van der Waals surface area contributed by atoms with Crippen LogP contribution >= 0.6 is 11.3 Å². The lowest BCUT2D eigenvalue weighted by molar-refractivity contribution is -0.145. The van der Waals surface area contributed by atoms with Gasteiger partial charge < -0.3 is 14.8 Å². The number of carbonyl (C=O) groups is 2. The van der Waals surface area contributed by atoms with Crippen molar-refractivity contribution in [1.29, 1.82) is 0 Å². The zero-order valence-electron chi connectivity index (χ0n) is 17.7. The Kier molecular flexibility index (Phi) is 8.18. The number of nitrogens with one attached hydrogen (secondary N) is 1. The Morgan fingerprint density at radius 3 is 2.39 bits per heavy atom. The van der Waals surface area contributed by atoms with Crippen LogP contribution in [0.25, 0.3) is 0 Å². The number of esters is 1. The first-order valence-corrected chi connectivity index (χ1v) is 11.0. The number of hydrogen-bond acceptors (Lipinski definition) is 6. The molecule has 0 unspecified atom stereocenters. The van der Waals surface area contributed by atoms with Crippen molar-refractivity contribution in [3.05, 3.63) is 75.7 Å². The molecule has 0 fully saturated rings. The van der Waals surface area contributed by atoms with Gasteiger partial charge >= 0.3 is 5.97 Å². The van der Waals surface area contributed by atoms with E-state index in [1.54, 1.807) is 0 Å². The molecule has 31 heavy (non-hydrogen) atoms. The van der Waals surface area contributed by atoms with Crippen LogP contribution < -0.4 is 10.1 Å². The van der Waals surface area contributed by atoms with E-state index >= 15 is 0 Å². The van der Waals surface area contributed by atoms with Crippen LogP contribution in [0.4, 0.5) is 5.69 Å². The van der Waals surface area contributed by atoms with Crippen molar-refractivity contribution in [2.24, 2.45) is 0 Å². The second-order valence-electron chi connectivity index (χ2n) is 7.25. The van der Waals surface area contributed by atoms with Gasteiger partial charge in [0.25, 0.3) is 0 Å². The van der Waals surface area contributed by atoms with Gasteiger partial charge in [0.15, 0.2) is 0 Å². The topological polar surface area (TPSA) is 77.5 Å². The Balaban J connectivity index is 1.33. The molecular weight excluding hydrogens is 412 g/mol. The molecule has 0 atom stereocenters. The quantitative estimate of drug-likeness (QED) is 0.362. The normalized spacial score (nSPS) is 10.5. The van der Waals surface area contributed by atoms with E-state index in [4.69, 9.17) is 9.47 Å². The standard InChI is InChI=1S/C24H26N2O4S/c1-17-5-9-19(10-6-17)25-22(27)14-23-26-20(16-31-23)15-30-24(28)4-3-13-29-21-11-7-18(2)8-12-21/h5-12,16H,3-4,13-15H2,1-2H3,(H,25,27). The Hall–Kier alpha value is -3.19. The summed E-state index contributed by atoms with van der Waals surface area (Å²) in [7, 11) is 0. The molecule has 0 bridgehead atoms. The molecule has 1 aromatic heterocycles. The second-order valence-corrected chi connectivity index (χ2v) is 8.19. The van der Waals surface area contributed by atoms with Gasteiger partial charge in [0.2, 0.25) is 5.91 Å². The monoisotopic (exact) mass is 438 g/mol. The molecule has 0 aliphatic carbocycles. The number of aryl methyl sites for hydroxylation is 2. The molecule has 1 amide bonds. The fraction of sp³-hybridized carbons (Fsp3) is 0.292. The number of aromatic nitrogens is 1. The largest absolute Gasteiger partial charge is 0.494 e. The molecule has 0 saturated carbocycles. The zero-order valence-corrected chi connectivity index (χ0v) is 18.5. The van der Waals surface area contributed by atoms with Crippen LogP contribution in [0.5, 0.6) is 5.75 Å². The van der Waals surface area contributed by atoms with Crippen molar-refractivity contribution >= 4 is 28.9 Å². The van der Waals surface area contributed by atoms with Gasteiger partial charge in [-0.1, -0.05) is 35.4 Å². The molecule has 2 aromatic carbocycles. The predicted molar refractivity (Wildman–Crippen MR) is 121 cm³/mol. The summed E-state index contributed by atoms with van der Waals surface area (Å²) in [6.45, 7) is 4.57. The number of rotatable bonds is 10. The molecule has 1 N–H and O–H groups in total. The van der Waals surface area contributed by atoms with Crippen molar-refractivity contribution in [2.75, 3.05) is 11.9 Å². The fourth-order valence-corrected chi connectivity index (χ4v) is 3.52. The average Bonchev–Trinajstić information content (AvgIpc) is 3.20. The number of benzene rings is 2. The van der Waals surface area contributed by atoms with Crippen molar-refractivity contribution in [3.63, 3.8) is 0 Å². The molecule has 3 aromatic rings. The first kappa shape index (κ1) is 22.5. The molecule has 6 nitrogen and oxygen atoms in total. The molecule has 0 radical (unpaired) electrons. The predicted octanol–water partition coefficient (Wildman–Crippen LogP) is 4.84. The lowest BCUT2D eigenvalue weighted by Crippen LogP contribution is -2.14. The maximum Gasteiger partial charge on any atom is 0.306 e. The van der Waals surface area contributed by atoms with Gasteiger partial charge in [0.05, 0.1) is 18.7 Å². The first-order valence-electron chi connectivity index (χ1n) is 10.1. The number of carbonyl (C=O) groups excluding carboxylic acids is 2. The smallest absolute Gasteiger partial charge is 0.306 e. The molecule has 162 valence electrons. The summed E-state index contributed by atoms with van der Waals surface area (Å²) in [5, 5.41) is 5.34. The Bertz CT molecular complexity index is 997. The number of ether oxygens (including phenoxy) is 2. The van der Waals surface area contributed by atoms with Crippen LogP contribution in [-0.2, 0) is 27.4 Å².